The van der Waals surface area contributed by atoms with Gasteiger partial charge in [0.25, 0.3) is 0 Å². The van der Waals surface area contributed by atoms with Crippen LogP contribution in [0.4, 0.5) is 11.4 Å². The number of fused-ring (bicyclic) bond motifs is 4. The average molecular weight is 615 g/mol. The van der Waals surface area contributed by atoms with Crippen LogP contribution in [0.1, 0.15) is 22.3 Å². The average Bonchev–Trinajstić information content (AvgIpc) is 3.16. The number of benzene rings is 4. The number of rotatable bonds is 4. The van der Waals surface area contributed by atoms with Crippen molar-refractivity contribution in [2.45, 2.75) is 0 Å². The Balaban J connectivity index is 1.29. The lowest BCUT2D eigenvalue weighted by Gasteiger charge is -2.19. The second kappa shape index (κ2) is 11.6. The number of aromatic nitrogens is 4. The molecule has 6 nitrogen and oxygen atoms in total. The van der Waals surface area contributed by atoms with Gasteiger partial charge in [0, 0.05) is 70.6 Å². The van der Waals surface area contributed by atoms with Crippen molar-refractivity contribution in [2.75, 3.05) is 0 Å². The first-order chi connectivity index (χ1) is 23.8. The molecule has 1 aliphatic heterocycles. The lowest BCUT2D eigenvalue weighted by Crippen LogP contribution is -2.11. The highest BCUT2D eigenvalue weighted by Gasteiger charge is 2.22. The number of nitrogens with zero attached hydrogens (tertiary/aromatic N) is 6. The first-order valence-electron chi connectivity index (χ1n) is 15.7. The summed E-state index contributed by atoms with van der Waals surface area (Å²) in [4.78, 5) is 29.2. The minimum absolute atomic E-state index is 0.811. The van der Waals surface area contributed by atoms with Crippen molar-refractivity contribution in [1.29, 1.82) is 0 Å². The fourth-order valence-corrected chi connectivity index (χ4v) is 6.26. The van der Waals surface area contributed by atoms with E-state index < -0.39 is 0 Å². The van der Waals surface area contributed by atoms with Gasteiger partial charge in [-0.2, -0.15) is 0 Å². The van der Waals surface area contributed by atoms with Gasteiger partial charge in [0.05, 0.1) is 34.2 Å². The molecule has 0 radical (unpaired) electrons. The fourth-order valence-electron chi connectivity index (χ4n) is 6.26. The molecule has 0 fully saturated rings. The Bertz CT molecular complexity index is 2340. The van der Waals surface area contributed by atoms with Gasteiger partial charge >= 0.3 is 0 Å². The maximum atomic E-state index is 5.47. The number of aliphatic imine (C=N–C) groups is 2. The molecule has 0 saturated heterocycles. The predicted molar refractivity (Wildman–Crippen MR) is 193 cm³/mol. The zero-order chi connectivity index (χ0) is 31.9. The highest BCUT2D eigenvalue weighted by atomic mass is 14.8. The first kappa shape index (κ1) is 27.6. The third-order valence-electron chi connectivity index (χ3n) is 8.69. The van der Waals surface area contributed by atoms with E-state index in [-0.39, 0.29) is 0 Å². The predicted octanol–water partition coefficient (Wildman–Crippen LogP) is 9.56. The van der Waals surface area contributed by atoms with E-state index in [1.54, 1.807) is 12.4 Å². The Hall–Kier alpha value is -6.66. The van der Waals surface area contributed by atoms with E-state index in [2.05, 4.69) is 94.9 Å². The van der Waals surface area contributed by atoms with Crippen molar-refractivity contribution < 1.29 is 0 Å². The second-order valence-corrected chi connectivity index (χ2v) is 11.7. The van der Waals surface area contributed by atoms with Crippen LogP contribution in [0.25, 0.3) is 44.1 Å². The van der Waals surface area contributed by atoms with E-state index in [4.69, 9.17) is 20.0 Å². The molecule has 0 saturated carbocycles. The molecule has 4 aromatic carbocycles. The normalized spacial score (nSPS) is 12.4. The molecule has 5 heterocycles. The van der Waals surface area contributed by atoms with E-state index in [1.807, 2.05) is 61.2 Å². The van der Waals surface area contributed by atoms with Gasteiger partial charge in [0.2, 0.25) is 0 Å². The number of hydrogen-bond acceptors (Lipinski definition) is 6. The summed E-state index contributed by atoms with van der Waals surface area (Å²) < 4.78 is 0. The summed E-state index contributed by atoms with van der Waals surface area (Å²) in [6.45, 7) is 0. The topological polar surface area (TPSA) is 76.3 Å². The van der Waals surface area contributed by atoms with Crippen LogP contribution in [0.15, 0.2) is 168 Å². The van der Waals surface area contributed by atoms with Gasteiger partial charge in [-0.1, -0.05) is 48.5 Å². The van der Waals surface area contributed by atoms with Crippen LogP contribution < -0.4 is 0 Å². The molecule has 48 heavy (non-hydrogen) atoms. The zero-order valence-electron chi connectivity index (χ0n) is 25.7. The monoisotopic (exact) mass is 614 g/mol. The standard InChI is InChI=1S/C42H26N6/c1-3-9-29-21-39-35(19-27(29)7-1)41(33-13-15-37(45-25-33)31-11-5-17-43-23-31)48-40-22-30-10-4-2-8-28(30)20-36(40)42(47-39)34-14-16-38(46-26-34)32-12-6-18-44-24-32/h1-26H. The quantitative estimate of drug-likeness (QED) is 0.198. The van der Waals surface area contributed by atoms with Gasteiger partial charge < -0.3 is 0 Å². The highest BCUT2D eigenvalue weighted by Crippen LogP contribution is 2.37. The van der Waals surface area contributed by atoms with Crippen LogP contribution >= 0.6 is 0 Å². The Morgan fingerprint density at radius 1 is 0.354 bits per heavy atom. The summed E-state index contributed by atoms with van der Waals surface area (Å²) in [6, 6.07) is 41.5. The summed E-state index contributed by atoms with van der Waals surface area (Å²) >= 11 is 0. The van der Waals surface area contributed by atoms with Crippen molar-refractivity contribution in [2.24, 2.45) is 9.98 Å². The van der Waals surface area contributed by atoms with Crippen LogP contribution in [0.5, 0.6) is 0 Å². The van der Waals surface area contributed by atoms with Crippen molar-refractivity contribution in [3.8, 4) is 22.5 Å². The molecule has 0 bridgehead atoms. The van der Waals surface area contributed by atoms with E-state index in [1.165, 1.54) is 0 Å². The third-order valence-corrected chi connectivity index (χ3v) is 8.69. The van der Waals surface area contributed by atoms with Crippen LogP contribution in [0, 0.1) is 0 Å². The largest absolute Gasteiger partial charge is 0.264 e. The van der Waals surface area contributed by atoms with Crippen molar-refractivity contribution >= 4 is 44.3 Å². The molecule has 4 aromatic heterocycles. The fraction of sp³-hybridized carbons (Fsp3) is 0. The minimum atomic E-state index is 0.811. The molecule has 6 heteroatoms. The SMILES string of the molecule is c1cncc(-c2ccc(C3=Nc4cc5ccccc5cc4C(c4ccc(-c5cccnc5)nc4)=Nc4cc5ccccc5cc43)cn2)c1. The van der Waals surface area contributed by atoms with Gasteiger partial charge in [-0.25, -0.2) is 9.98 Å². The molecule has 224 valence electrons. The van der Waals surface area contributed by atoms with E-state index in [9.17, 15) is 0 Å². The molecule has 0 atom stereocenters. The van der Waals surface area contributed by atoms with E-state index in [0.29, 0.717) is 0 Å². The lowest BCUT2D eigenvalue weighted by molar-refractivity contribution is 1.27. The summed E-state index contributed by atoms with van der Waals surface area (Å²) in [5.74, 6) is 0. The van der Waals surface area contributed by atoms with Crippen LogP contribution in [-0.4, -0.2) is 31.4 Å². The molecule has 0 aliphatic carbocycles. The van der Waals surface area contributed by atoms with Crippen molar-refractivity contribution in [1.82, 2.24) is 19.9 Å². The Kier molecular flexibility index (Phi) is 6.68. The molecule has 8 aromatic rings. The minimum Gasteiger partial charge on any atom is -0.264 e. The van der Waals surface area contributed by atoms with Gasteiger partial charge in [-0.15, -0.1) is 0 Å². The molecule has 1 aliphatic rings. The molecule has 0 spiro atoms. The molecule has 0 N–H and O–H groups in total. The van der Waals surface area contributed by atoms with Gasteiger partial charge in [0.1, 0.15) is 0 Å². The molecule has 0 amide bonds. The van der Waals surface area contributed by atoms with E-state index in [0.717, 1.165) is 89.1 Å². The zero-order valence-corrected chi connectivity index (χ0v) is 25.7. The van der Waals surface area contributed by atoms with Crippen LogP contribution in [0.3, 0.4) is 0 Å². The highest BCUT2D eigenvalue weighted by molar-refractivity contribution is 6.24. The second-order valence-electron chi connectivity index (χ2n) is 11.7. The lowest BCUT2D eigenvalue weighted by atomic mass is 9.93. The number of pyridine rings is 4. The van der Waals surface area contributed by atoms with Crippen LogP contribution in [-0.2, 0) is 0 Å². The molecular formula is C42H26N6. The van der Waals surface area contributed by atoms with Gasteiger partial charge in [0.15, 0.2) is 0 Å². The smallest absolute Gasteiger partial charge is 0.0819 e. The van der Waals surface area contributed by atoms with E-state index >= 15 is 0 Å². The molecular weight excluding hydrogens is 589 g/mol. The van der Waals surface area contributed by atoms with Crippen LogP contribution in [0.2, 0.25) is 0 Å². The van der Waals surface area contributed by atoms with Gasteiger partial charge in [-0.3, -0.25) is 19.9 Å². The summed E-state index contributed by atoms with van der Waals surface area (Å²) in [5, 5.41) is 4.44. The maximum Gasteiger partial charge on any atom is 0.0819 e. The summed E-state index contributed by atoms with van der Waals surface area (Å²) in [5.41, 5.74) is 10.6. The Morgan fingerprint density at radius 2 is 0.792 bits per heavy atom. The maximum absolute atomic E-state index is 5.47. The molecule has 9 rings (SSSR count). The van der Waals surface area contributed by atoms with Crippen molar-refractivity contribution in [3.05, 3.63) is 181 Å². The Labute approximate surface area is 276 Å². The third kappa shape index (κ3) is 5.02. The first-order valence-corrected chi connectivity index (χ1v) is 15.7. The summed E-state index contributed by atoms with van der Waals surface area (Å²) in [7, 11) is 0. The van der Waals surface area contributed by atoms with Crippen molar-refractivity contribution in [3.63, 3.8) is 0 Å². The van der Waals surface area contributed by atoms with Gasteiger partial charge in [-0.05, 0) is 94.3 Å². The molecule has 0 unspecified atom stereocenters. The Morgan fingerprint density at radius 3 is 1.17 bits per heavy atom. The summed E-state index contributed by atoms with van der Waals surface area (Å²) in [6.07, 6.45) is 11.0. The number of hydrogen-bond donors (Lipinski definition) is 0.